The first kappa shape index (κ1) is 12.7. The van der Waals surface area contributed by atoms with Crippen molar-refractivity contribution in [3.63, 3.8) is 0 Å². The summed E-state index contributed by atoms with van der Waals surface area (Å²) in [6.07, 6.45) is 0.726. The molecule has 3 nitrogen and oxygen atoms in total. The molecule has 0 aromatic heterocycles. The van der Waals surface area contributed by atoms with E-state index in [0.29, 0.717) is 0 Å². The SMILES string of the molecule is O=[P+]([O-])OCCCBr.[Cu+]. The number of halogens is 1. The summed E-state index contributed by atoms with van der Waals surface area (Å²) in [6.45, 7) is 0.282. The van der Waals surface area contributed by atoms with E-state index >= 15 is 0 Å². The summed E-state index contributed by atoms with van der Waals surface area (Å²) in [7, 11) is -2.63. The average molecular weight is 265 g/mol. The third-order valence-electron chi connectivity index (χ3n) is 0.475. The van der Waals surface area contributed by atoms with Crippen LogP contribution in [-0.4, -0.2) is 11.9 Å². The van der Waals surface area contributed by atoms with Gasteiger partial charge in [-0.25, -0.2) is 0 Å². The molecule has 0 rings (SSSR count). The van der Waals surface area contributed by atoms with Crippen LogP contribution in [0.4, 0.5) is 0 Å². The molecule has 0 saturated heterocycles. The van der Waals surface area contributed by atoms with Gasteiger partial charge in [0.05, 0.1) is 0 Å². The predicted octanol–water partition coefficient (Wildman–Crippen LogP) is 0.803. The van der Waals surface area contributed by atoms with Gasteiger partial charge in [0.15, 0.2) is 0 Å². The van der Waals surface area contributed by atoms with E-state index < -0.39 is 8.25 Å². The number of hydrogen-bond acceptors (Lipinski definition) is 3. The molecule has 0 radical (unpaired) electrons. The Labute approximate surface area is 73.7 Å². The molecular weight excluding hydrogens is 258 g/mol. The summed E-state index contributed by atoms with van der Waals surface area (Å²) in [5.41, 5.74) is 0. The van der Waals surface area contributed by atoms with Crippen molar-refractivity contribution in [3.8, 4) is 0 Å². The van der Waals surface area contributed by atoms with E-state index in [1.807, 2.05) is 0 Å². The van der Waals surface area contributed by atoms with Crippen LogP contribution >= 0.6 is 24.2 Å². The maximum Gasteiger partial charge on any atom is 1.00 e. The van der Waals surface area contributed by atoms with Crippen molar-refractivity contribution in [1.82, 2.24) is 0 Å². The van der Waals surface area contributed by atoms with Crippen LogP contribution in [0.3, 0.4) is 0 Å². The molecule has 0 aromatic rings. The average Bonchev–Trinajstić information content (AvgIpc) is 1.66. The molecular formula is C3H6BrCuO3P+. The second kappa shape index (κ2) is 9.02. The predicted molar refractivity (Wildman–Crippen MR) is 32.0 cm³/mol. The van der Waals surface area contributed by atoms with E-state index in [1.165, 1.54) is 0 Å². The van der Waals surface area contributed by atoms with Gasteiger partial charge in [-0.2, -0.15) is 0 Å². The zero-order chi connectivity index (χ0) is 6.41. The number of alkyl halides is 1. The smallest absolute Gasteiger partial charge is 0.566 e. The Balaban J connectivity index is 0. The Morgan fingerprint density at radius 1 is 1.67 bits per heavy atom. The van der Waals surface area contributed by atoms with Gasteiger partial charge in [0.25, 0.3) is 0 Å². The van der Waals surface area contributed by atoms with E-state index in [-0.39, 0.29) is 23.7 Å². The molecule has 0 spiro atoms. The molecule has 0 heterocycles. The van der Waals surface area contributed by atoms with E-state index in [0.717, 1.165) is 11.8 Å². The third kappa shape index (κ3) is 12.3. The minimum atomic E-state index is -2.63. The topological polar surface area (TPSA) is 49.4 Å². The van der Waals surface area contributed by atoms with Crippen molar-refractivity contribution < 1.29 is 31.1 Å². The first-order chi connectivity index (χ1) is 3.77. The van der Waals surface area contributed by atoms with Gasteiger partial charge in [0.2, 0.25) is 0 Å². The minimum absolute atomic E-state index is 0. The zero-order valence-electron chi connectivity index (χ0n) is 4.47. The molecule has 0 aliphatic heterocycles. The van der Waals surface area contributed by atoms with Crippen LogP contribution in [0.15, 0.2) is 0 Å². The van der Waals surface area contributed by atoms with Crippen LogP contribution in [-0.2, 0) is 26.2 Å². The second-order valence-electron chi connectivity index (χ2n) is 1.10. The van der Waals surface area contributed by atoms with Crippen molar-refractivity contribution in [2.45, 2.75) is 6.42 Å². The molecule has 0 aliphatic carbocycles. The summed E-state index contributed by atoms with van der Waals surface area (Å²) in [6, 6.07) is 0. The van der Waals surface area contributed by atoms with Gasteiger partial charge in [-0.3, -0.25) is 0 Å². The molecule has 0 aromatic carbocycles. The molecule has 0 saturated carbocycles. The van der Waals surface area contributed by atoms with Gasteiger partial charge in [-0.1, -0.05) is 15.9 Å². The van der Waals surface area contributed by atoms with Gasteiger partial charge in [0, 0.05) is 5.33 Å². The van der Waals surface area contributed by atoms with Crippen molar-refractivity contribution in [2.75, 3.05) is 11.9 Å². The Kier molecular flexibility index (Phi) is 12.7. The maximum atomic E-state index is 9.67. The maximum absolute atomic E-state index is 9.67. The van der Waals surface area contributed by atoms with Crippen LogP contribution in [0.2, 0.25) is 0 Å². The fourth-order valence-corrected chi connectivity index (χ4v) is 0.701. The van der Waals surface area contributed by atoms with E-state index in [9.17, 15) is 9.46 Å². The Morgan fingerprint density at radius 3 is 2.56 bits per heavy atom. The third-order valence-corrected chi connectivity index (χ3v) is 1.43. The van der Waals surface area contributed by atoms with Crippen LogP contribution in [0.5, 0.6) is 0 Å². The molecule has 1 atom stereocenters. The molecule has 0 N–H and O–H groups in total. The number of rotatable bonds is 4. The van der Waals surface area contributed by atoms with E-state index in [1.54, 1.807) is 0 Å². The Morgan fingerprint density at radius 2 is 2.22 bits per heavy atom. The van der Waals surface area contributed by atoms with Gasteiger partial charge in [-0.15, -0.1) is 4.52 Å². The van der Waals surface area contributed by atoms with E-state index in [4.69, 9.17) is 0 Å². The monoisotopic (exact) mass is 263 g/mol. The fraction of sp³-hybridized carbons (Fsp3) is 1.00. The van der Waals surface area contributed by atoms with Gasteiger partial charge < -0.3 is 4.89 Å². The minimum Gasteiger partial charge on any atom is -0.566 e. The zero-order valence-corrected chi connectivity index (χ0v) is 7.89. The van der Waals surface area contributed by atoms with Crippen molar-refractivity contribution in [2.24, 2.45) is 0 Å². The Hall–Kier alpha value is 1.02. The van der Waals surface area contributed by atoms with Crippen molar-refractivity contribution in [3.05, 3.63) is 0 Å². The molecule has 6 heteroatoms. The van der Waals surface area contributed by atoms with Crippen LogP contribution < -0.4 is 4.89 Å². The first-order valence-corrected chi connectivity index (χ1v) is 4.32. The largest absolute Gasteiger partial charge is 1.00 e. The van der Waals surface area contributed by atoms with Gasteiger partial charge >= 0.3 is 25.3 Å². The Bertz CT molecular complexity index is 81.5. The molecule has 0 amide bonds. The summed E-state index contributed by atoms with van der Waals surface area (Å²) in [4.78, 5) is 9.67. The molecule has 58 valence electrons. The quantitative estimate of drug-likeness (QED) is 0.327. The van der Waals surface area contributed by atoms with Crippen LogP contribution in [0, 0.1) is 0 Å². The van der Waals surface area contributed by atoms with Crippen molar-refractivity contribution >= 4 is 24.2 Å². The van der Waals surface area contributed by atoms with E-state index in [2.05, 4.69) is 20.5 Å². The van der Waals surface area contributed by atoms with Crippen LogP contribution in [0.1, 0.15) is 6.42 Å². The summed E-state index contributed by atoms with van der Waals surface area (Å²) in [5.74, 6) is 0. The van der Waals surface area contributed by atoms with Gasteiger partial charge in [-0.05, 0) is 11.0 Å². The molecule has 9 heavy (non-hydrogen) atoms. The molecule has 1 unspecified atom stereocenters. The first-order valence-electron chi connectivity index (χ1n) is 2.10. The standard InChI is InChI=1S/C3H6BrO3P.Cu/c4-2-1-3-7-8(5)6;/h1-3H2;/q;+1. The van der Waals surface area contributed by atoms with Crippen molar-refractivity contribution in [1.29, 1.82) is 0 Å². The number of hydrogen-bond donors (Lipinski definition) is 0. The van der Waals surface area contributed by atoms with Gasteiger partial charge in [0.1, 0.15) is 6.61 Å². The summed E-state index contributed by atoms with van der Waals surface area (Å²) >= 11 is 3.12. The second-order valence-corrected chi connectivity index (χ2v) is 2.60. The molecule has 0 fully saturated rings. The normalized spacial score (nSPS) is 10.2. The molecule has 0 bridgehead atoms. The summed E-state index contributed by atoms with van der Waals surface area (Å²) in [5, 5.41) is 0.774. The molecule has 0 aliphatic rings. The summed E-state index contributed by atoms with van der Waals surface area (Å²) < 4.78 is 13.9. The fourth-order valence-electron chi connectivity index (χ4n) is 0.194. The van der Waals surface area contributed by atoms with Crippen LogP contribution in [0.25, 0.3) is 0 Å².